The molecule has 0 saturated heterocycles. The SMILES string of the molecule is CCC(N)C(c1ccc(Cl)s1)n1ncc2ccccc21. The Labute approximate surface area is 127 Å². The molecule has 0 aliphatic rings. The van der Waals surface area contributed by atoms with E-state index in [0.29, 0.717) is 0 Å². The lowest BCUT2D eigenvalue weighted by atomic mass is 10.0. The van der Waals surface area contributed by atoms with E-state index >= 15 is 0 Å². The number of thiophene rings is 1. The molecule has 0 radical (unpaired) electrons. The van der Waals surface area contributed by atoms with Crippen LogP contribution in [0, 0.1) is 0 Å². The van der Waals surface area contributed by atoms with Gasteiger partial charge in [-0.2, -0.15) is 5.10 Å². The molecule has 0 saturated carbocycles. The van der Waals surface area contributed by atoms with Gasteiger partial charge in [-0.1, -0.05) is 36.7 Å². The van der Waals surface area contributed by atoms with Crippen LogP contribution in [-0.4, -0.2) is 15.8 Å². The number of rotatable bonds is 4. The highest BCUT2D eigenvalue weighted by Gasteiger charge is 2.24. The van der Waals surface area contributed by atoms with Crippen molar-refractivity contribution in [1.82, 2.24) is 9.78 Å². The highest BCUT2D eigenvalue weighted by atomic mass is 35.5. The number of nitrogens with two attached hydrogens (primary N) is 1. The minimum atomic E-state index is 0.00743. The van der Waals surface area contributed by atoms with Gasteiger partial charge in [-0.3, -0.25) is 4.68 Å². The molecule has 2 heterocycles. The van der Waals surface area contributed by atoms with E-state index in [0.717, 1.165) is 26.5 Å². The van der Waals surface area contributed by atoms with Gasteiger partial charge in [0.15, 0.2) is 0 Å². The average Bonchev–Trinajstić information content (AvgIpc) is 3.07. The van der Waals surface area contributed by atoms with E-state index in [-0.39, 0.29) is 12.1 Å². The molecular formula is C15H16ClN3S. The van der Waals surface area contributed by atoms with Crippen LogP contribution in [0.1, 0.15) is 24.3 Å². The van der Waals surface area contributed by atoms with E-state index in [1.807, 2.05) is 35.1 Å². The predicted molar refractivity (Wildman–Crippen MR) is 85.5 cm³/mol. The zero-order valence-corrected chi connectivity index (χ0v) is 12.7. The number of halogens is 1. The van der Waals surface area contributed by atoms with Crippen molar-refractivity contribution in [1.29, 1.82) is 0 Å². The quantitative estimate of drug-likeness (QED) is 0.789. The van der Waals surface area contributed by atoms with Crippen molar-refractivity contribution in [3.05, 3.63) is 51.8 Å². The second-order valence-corrected chi connectivity index (χ2v) is 6.55. The average molecular weight is 306 g/mol. The van der Waals surface area contributed by atoms with Crippen LogP contribution in [0.25, 0.3) is 10.9 Å². The Morgan fingerprint density at radius 1 is 1.30 bits per heavy atom. The molecule has 3 rings (SSSR count). The first-order valence-corrected chi connectivity index (χ1v) is 7.83. The lowest BCUT2D eigenvalue weighted by Crippen LogP contribution is -2.32. The maximum atomic E-state index is 6.34. The van der Waals surface area contributed by atoms with Crippen LogP contribution in [0.15, 0.2) is 42.6 Å². The Morgan fingerprint density at radius 2 is 2.10 bits per heavy atom. The highest BCUT2D eigenvalue weighted by molar-refractivity contribution is 7.16. The summed E-state index contributed by atoms with van der Waals surface area (Å²) in [4.78, 5) is 1.15. The third-order valence-electron chi connectivity index (χ3n) is 3.53. The van der Waals surface area contributed by atoms with Crippen LogP contribution < -0.4 is 5.73 Å². The molecule has 2 atom stereocenters. The standard InChI is InChI=1S/C15H16ClN3S/c1-2-11(17)15(13-7-8-14(16)20-13)19-12-6-4-3-5-10(12)9-18-19/h3-9,11,15H,2,17H2,1H3. The Hall–Kier alpha value is -1.36. The van der Waals surface area contributed by atoms with E-state index in [4.69, 9.17) is 17.3 Å². The molecule has 1 aromatic carbocycles. The summed E-state index contributed by atoms with van der Waals surface area (Å²) in [5.74, 6) is 0. The molecule has 0 bridgehead atoms. The van der Waals surface area contributed by atoms with Crippen molar-refractivity contribution in [2.45, 2.75) is 25.4 Å². The van der Waals surface area contributed by atoms with Gasteiger partial charge >= 0.3 is 0 Å². The van der Waals surface area contributed by atoms with E-state index in [1.165, 1.54) is 0 Å². The summed E-state index contributed by atoms with van der Waals surface area (Å²) >= 11 is 7.65. The van der Waals surface area contributed by atoms with E-state index in [9.17, 15) is 0 Å². The van der Waals surface area contributed by atoms with Crippen molar-refractivity contribution in [3.63, 3.8) is 0 Å². The van der Waals surface area contributed by atoms with Gasteiger partial charge in [0.2, 0.25) is 0 Å². The second kappa shape index (κ2) is 5.56. The maximum absolute atomic E-state index is 6.34. The molecule has 3 nitrogen and oxygen atoms in total. The van der Waals surface area contributed by atoms with Crippen LogP contribution in [0.2, 0.25) is 4.34 Å². The van der Waals surface area contributed by atoms with Crippen molar-refractivity contribution in [3.8, 4) is 0 Å². The summed E-state index contributed by atoms with van der Waals surface area (Å²) in [6, 6.07) is 12.2. The molecule has 104 valence electrons. The van der Waals surface area contributed by atoms with Crippen LogP contribution in [-0.2, 0) is 0 Å². The number of benzene rings is 1. The molecule has 3 aromatic rings. The molecule has 0 fully saturated rings. The molecule has 0 spiro atoms. The van der Waals surface area contributed by atoms with Gasteiger partial charge in [0.05, 0.1) is 16.0 Å². The van der Waals surface area contributed by atoms with Gasteiger partial charge in [-0.05, 0) is 24.6 Å². The zero-order valence-electron chi connectivity index (χ0n) is 11.2. The molecular weight excluding hydrogens is 290 g/mol. The minimum absolute atomic E-state index is 0.00743. The molecule has 0 aliphatic heterocycles. The Balaban J connectivity index is 2.14. The van der Waals surface area contributed by atoms with Gasteiger partial charge in [-0.15, -0.1) is 11.3 Å². The fourth-order valence-corrected chi connectivity index (χ4v) is 3.66. The van der Waals surface area contributed by atoms with E-state index in [1.54, 1.807) is 11.3 Å². The predicted octanol–water partition coefficient (Wildman–Crippen LogP) is 4.08. The highest BCUT2D eigenvalue weighted by Crippen LogP contribution is 2.33. The van der Waals surface area contributed by atoms with Crippen molar-refractivity contribution >= 4 is 33.8 Å². The first-order chi connectivity index (χ1) is 9.70. The lowest BCUT2D eigenvalue weighted by Gasteiger charge is -2.23. The molecule has 2 N–H and O–H groups in total. The first-order valence-electron chi connectivity index (χ1n) is 6.63. The second-order valence-electron chi connectivity index (χ2n) is 4.81. The topological polar surface area (TPSA) is 43.8 Å². The normalized spacial score (nSPS) is 14.6. The van der Waals surface area contributed by atoms with Crippen molar-refractivity contribution in [2.75, 3.05) is 0 Å². The van der Waals surface area contributed by atoms with Crippen LogP contribution in [0.4, 0.5) is 0 Å². The third kappa shape index (κ3) is 2.35. The Kier molecular flexibility index (Phi) is 3.78. The van der Waals surface area contributed by atoms with Gasteiger partial charge in [0.1, 0.15) is 6.04 Å². The molecule has 20 heavy (non-hydrogen) atoms. The summed E-state index contributed by atoms with van der Waals surface area (Å²) < 4.78 is 2.80. The van der Waals surface area contributed by atoms with Gasteiger partial charge in [0.25, 0.3) is 0 Å². The summed E-state index contributed by atoms with van der Waals surface area (Å²) in [7, 11) is 0. The van der Waals surface area contributed by atoms with Crippen LogP contribution in [0.3, 0.4) is 0 Å². The fourth-order valence-electron chi connectivity index (χ4n) is 2.44. The molecule has 0 aliphatic carbocycles. The number of hydrogen-bond donors (Lipinski definition) is 1. The number of aromatic nitrogens is 2. The van der Waals surface area contributed by atoms with E-state index < -0.39 is 0 Å². The number of nitrogens with zero attached hydrogens (tertiary/aromatic N) is 2. The van der Waals surface area contributed by atoms with Gasteiger partial charge in [-0.25, -0.2) is 0 Å². The third-order valence-corrected chi connectivity index (χ3v) is 4.83. The van der Waals surface area contributed by atoms with Crippen LogP contribution >= 0.6 is 22.9 Å². The lowest BCUT2D eigenvalue weighted by molar-refractivity contribution is 0.440. The monoisotopic (exact) mass is 305 g/mol. The zero-order chi connectivity index (χ0) is 14.1. The Morgan fingerprint density at radius 3 is 2.80 bits per heavy atom. The summed E-state index contributed by atoms with van der Waals surface area (Å²) in [5, 5.41) is 5.68. The van der Waals surface area contributed by atoms with Crippen molar-refractivity contribution in [2.24, 2.45) is 5.73 Å². The maximum Gasteiger partial charge on any atom is 0.102 e. The fraction of sp³-hybridized carbons (Fsp3) is 0.267. The smallest absolute Gasteiger partial charge is 0.102 e. The molecule has 0 amide bonds. The van der Waals surface area contributed by atoms with E-state index in [2.05, 4.69) is 24.2 Å². The minimum Gasteiger partial charge on any atom is -0.326 e. The van der Waals surface area contributed by atoms with Gasteiger partial charge < -0.3 is 5.73 Å². The number of fused-ring (bicyclic) bond motifs is 1. The molecule has 5 heteroatoms. The molecule has 2 aromatic heterocycles. The molecule has 2 unspecified atom stereocenters. The largest absolute Gasteiger partial charge is 0.326 e. The Bertz CT molecular complexity index is 719. The number of para-hydroxylation sites is 1. The van der Waals surface area contributed by atoms with Crippen molar-refractivity contribution < 1.29 is 0 Å². The van der Waals surface area contributed by atoms with Gasteiger partial charge in [0, 0.05) is 16.3 Å². The first kappa shape index (κ1) is 13.6. The van der Waals surface area contributed by atoms with Crippen LogP contribution in [0.5, 0.6) is 0 Å². The summed E-state index contributed by atoms with van der Waals surface area (Å²) in [6.45, 7) is 2.10. The number of hydrogen-bond acceptors (Lipinski definition) is 3. The summed E-state index contributed by atoms with van der Waals surface area (Å²) in [6.07, 6.45) is 2.77. The summed E-state index contributed by atoms with van der Waals surface area (Å²) in [5.41, 5.74) is 7.45.